The number of nitrogens with zero attached hydrogens (tertiary/aromatic N) is 3. The largest absolute Gasteiger partial charge is 0.357 e. The Balaban J connectivity index is 2.30. The number of carbonyl (C=O) groups excluding carboxylic acids is 1. The Morgan fingerprint density at radius 2 is 1.83 bits per heavy atom. The number of hydrogen-bond donors (Lipinski definition) is 2. The summed E-state index contributed by atoms with van der Waals surface area (Å²) in [6.07, 6.45) is 0. The topological polar surface area (TPSA) is 154 Å². The van der Waals surface area contributed by atoms with Crippen molar-refractivity contribution in [3.63, 3.8) is 0 Å². The summed E-state index contributed by atoms with van der Waals surface area (Å²) >= 11 is 0.535. The van der Waals surface area contributed by atoms with Gasteiger partial charge in [-0.1, -0.05) is 29.0 Å². The van der Waals surface area contributed by atoms with Crippen LogP contribution in [0.1, 0.15) is 5.56 Å². The Hall–Kier alpha value is -2.09. The number of nitrogens with two attached hydrogens (primary N) is 1. The van der Waals surface area contributed by atoms with Crippen LogP contribution in [-0.2, 0) is 27.1 Å². The number of urea groups is 1. The smallest absolute Gasteiger partial charge is 0.245 e. The second kappa shape index (κ2) is 6.43. The number of rotatable bonds is 3. The number of hydrogen-bond acceptors (Lipinski definition) is 7. The molecule has 0 saturated heterocycles. The molecule has 10 nitrogen and oxygen atoms in total. The van der Waals surface area contributed by atoms with E-state index in [0.29, 0.717) is 11.3 Å². The maximum atomic E-state index is 12.1. The zero-order chi connectivity index (χ0) is 18.1. The number of sulfonamides is 2. The summed E-state index contributed by atoms with van der Waals surface area (Å²) < 4.78 is 48.9. The third-order valence-corrected chi connectivity index (χ3v) is 6.33. The molecule has 0 atom stereocenters. The standard InChI is InChI=1S/C11H13N5O5S3/c1-7-3-5-8(6-4-7)24(20,21)15-9(17)13-10-16(2)14-11(22-10)23(12,18)19/h3-6H,1-2H3,(H,15,17)(H2,12,18,19)/b13-10+. The minimum absolute atomic E-state index is 0.101. The van der Waals surface area contributed by atoms with E-state index in [1.165, 1.54) is 19.2 Å². The number of primary sulfonamides is 1. The molecule has 2 rings (SSSR count). The molecule has 0 aliphatic heterocycles. The van der Waals surface area contributed by atoms with Gasteiger partial charge in [-0.2, -0.15) is 4.99 Å². The third kappa shape index (κ3) is 4.25. The molecule has 0 spiro atoms. The van der Waals surface area contributed by atoms with Gasteiger partial charge >= 0.3 is 6.03 Å². The highest BCUT2D eigenvalue weighted by molar-refractivity contribution is 7.91. The minimum atomic E-state index is -4.09. The van der Waals surface area contributed by atoms with Crippen molar-refractivity contribution < 1.29 is 21.6 Å². The molecule has 0 radical (unpaired) electrons. The van der Waals surface area contributed by atoms with Gasteiger partial charge in [0.25, 0.3) is 20.0 Å². The van der Waals surface area contributed by atoms with Crippen LogP contribution < -0.4 is 14.7 Å². The highest BCUT2D eigenvalue weighted by Crippen LogP contribution is 2.10. The van der Waals surface area contributed by atoms with Crippen LogP contribution in [0.25, 0.3) is 0 Å². The van der Waals surface area contributed by atoms with Gasteiger partial charge in [-0.05, 0) is 19.1 Å². The van der Waals surface area contributed by atoms with E-state index in [0.717, 1.165) is 10.2 Å². The van der Waals surface area contributed by atoms with Gasteiger partial charge in [0, 0.05) is 7.05 Å². The lowest BCUT2D eigenvalue weighted by molar-refractivity contribution is 0.253. The highest BCUT2D eigenvalue weighted by atomic mass is 32.2. The molecule has 0 aliphatic carbocycles. The second-order valence-corrected chi connectivity index (χ2v) is 9.03. The summed E-state index contributed by atoms with van der Waals surface area (Å²) in [6, 6.07) is 4.67. The van der Waals surface area contributed by atoms with Crippen molar-refractivity contribution in [1.82, 2.24) is 14.5 Å². The normalized spacial score (nSPS) is 13.0. The SMILES string of the molecule is Cc1ccc(S(=O)(=O)NC(=O)/N=c2/sc(S(N)(=O)=O)nn2C)cc1. The van der Waals surface area contributed by atoms with Crippen LogP contribution in [0, 0.1) is 6.92 Å². The minimum Gasteiger partial charge on any atom is -0.245 e. The maximum Gasteiger partial charge on any atom is 0.357 e. The zero-order valence-electron chi connectivity index (χ0n) is 12.5. The van der Waals surface area contributed by atoms with E-state index < -0.39 is 30.4 Å². The van der Waals surface area contributed by atoms with Gasteiger partial charge in [0.1, 0.15) is 0 Å². The van der Waals surface area contributed by atoms with E-state index in [-0.39, 0.29) is 9.70 Å². The van der Waals surface area contributed by atoms with Gasteiger partial charge in [0.15, 0.2) is 0 Å². The molecule has 130 valence electrons. The number of aryl methyl sites for hydroxylation is 2. The molecule has 13 heteroatoms. The molecule has 1 aromatic carbocycles. The Morgan fingerprint density at radius 1 is 1.25 bits per heavy atom. The van der Waals surface area contributed by atoms with Gasteiger partial charge in [-0.25, -0.2) is 36.2 Å². The van der Waals surface area contributed by atoms with Gasteiger partial charge in [-0.3, -0.25) is 0 Å². The van der Waals surface area contributed by atoms with Crippen LogP contribution >= 0.6 is 11.3 Å². The van der Waals surface area contributed by atoms with Crippen molar-refractivity contribution in [1.29, 1.82) is 0 Å². The zero-order valence-corrected chi connectivity index (χ0v) is 14.9. The molecule has 0 unspecified atom stereocenters. The first kappa shape index (κ1) is 18.3. The molecular weight excluding hydrogens is 378 g/mol. The van der Waals surface area contributed by atoms with Gasteiger partial charge in [0.2, 0.25) is 9.14 Å². The fourth-order valence-corrected chi connectivity index (χ4v) is 3.97. The van der Waals surface area contributed by atoms with Crippen LogP contribution in [0.15, 0.2) is 38.5 Å². The highest BCUT2D eigenvalue weighted by Gasteiger charge is 2.18. The van der Waals surface area contributed by atoms with E-state index in [1.807, 2.05) is 0 Å². The molecule has 1 heterocycles. The molecule has 2 amide bonds. The Labute approximate surface area is 141 Å². The van der Waals surface area contributed by atoms with E-state index in [2.05, 4.69) is 10.1 Å². The molecule has 3 N–H and O–H groups in total. The summed E-state index contributed by atoms with van der Waals surface area (Å²) in [5, 5.41) is 8.53. The van der Waals surface area contributed by atoms with Crippen molar-refractivity contribution in [2.75, 3.05) is 0 Å². The number of aromatic nitrogens is 2. The third-order valence-electron chi connectivity index (χ3n) is 2.68. The molecule has 24 heavy (non-hydrogen) atoms. The van der Waals surface area contributed by atoms with E-state index in [1.54, 1.807) is 23.8 Å². The first-order valence-electron chi connectivity index (χ1n) is 6.24. The summed E-state index contributed by atoms with van der Waals surface area (Å²) in [4.78, 5) is 15.1. The van der Waals surface area contributed by atoms with E-state index in [4.69, 9.17) is 5.14 Å². The molecule has 2 aromatic rings. The Kier molecular flexibility index (Phi) is 4.89. The van der Waals surface area contributed by atoms with Crippen LogP contribution in [0.3, 0.4) is 0 Å². The Morgan fingerprint density at radius 3 is 2.33 bits per heavy atom. The molecular formula is C11H13N5O5S3. The predicted molar refractivity (Wildman–Crippen MR) is 84.9 cm³/mol. The van der Waals surface area contributed by atoms with Crippen molar-refractivity contribution in [3.8, 4) is 0 Å². The summed E-state index contributed by atoms with van der Waals surface area (Å²) in [5.74, 6) is 0. The fraction of sp³-hybridized carbons (Fsp3) is 0.182. The van der Waals surface area contributed by atoms with Crippen molar-refractivity contribution in [2.45, 2.75) is 16.2 Å². The summed E-state index contributed by atoms with van der Waals surface area (Å²) in [6.45, 7) is 1.79. The lowest BCUT2D eigenvalue weighted by Crippen LogP contribution is -2.30. The average molecular weight is 391 g/mol. The van der Waals surface area contributed by atoms with Crippen LogP contribution in [0.5, 0.6) is 0 Å². The molecule has 0 aliphatic rings. The van der Waals surface area contributed by atoms with E-state index in [9.17, 15) is 21.6 Å². The van der Waals surface area contributed by atoms with Gasteiger partial charge in [-0.15, -0.1) is 5.10 Å². The predicted octanol–water partition coefficient (Wildman–Crippen LogP) is -0.563. The quantitative estimate of drug-likeness (QED) is 0.715. The second-order valence-electron chi connectivity index (χ2n) is 4.65. The monoisotopic (exact) mass is 391 g/mol. The Bertz CT molecular complexity index is 1050. The number of nitrogens with one attached hydrogen (secondary N) is 1. The summed E-state index contributed by atoms with van der Waals surface area (Å²) in [7, 11) is -6.80. The van der Waals surface area contributed by atoms with Gasteiger partial charge < -0.3 is 0 Å². The average Bonchev–Trinajstić information content (AvgIpc) is 2.80. The van der Waals surface area contributed by atoms with Crippen molar-refractivity contribution in [2.24, 2.45) is 17.2 Å². The first-order chi connectivity index (χ1) is 11.0. The fourth-order valence-electron chi connectivity index (χ4n) is 1.54. The lowest BCUT2D eigenvalue weighted by Gasteiger charge is -2.04. The van der Waals surface area contributed by atoms with Crippen LogP contribution in [0.4, 0.5) is 4.79 Å². The molecule has 0 bridgehead atoms. The summed E-state index contributed by atoms with van der Waals surface area (Å²) in [5.41, 5.74) is 0.858. The molecule has 0 saturated carbocycles. The number of benzene rings is 1. The lowest BCUT2D eigenvalue weighted by atomic mass is 10.2. The first-order valence-corrected chi connectivity index (χ1v) is 10.1. The van der Waals surface area contributed by atoms with E-state index >= 15 is 0 Å². The molecule has 0 fully saturated rings. The maximum absolute atomic E-state index is 12.1. The van der Waals surface area contributed by atoms with Crippen molar-refractivity contribution >= 4 is 37.4 Å². The number of carbonyl (C=O) groups is 1. The van der Waals surface area contributed by atoms with Crippen molar-refractivity contribution in [3.05, 3.63) is 34.6 Å². The van der Waals surface area contributed by atoms with Crippen LogP contribution in [-0.4, -0.2) is 32.6 Å². The van der Waals surface area contributed by atoms with Crippen LogP contribution in [0.2, 0.25) is 0 Å². The molecule has 1 aromatic heterocycles. The van der Waals surface area contributed by atoms with Gasteiger partial charge in [0.05, 0.1) is 4.90 Å². The number of amides is 2.